The highest BCUT2D eigenvalue weighted by atomic mass is 16.4. The van der Waals surface area contributed by atoms with Crippen LogP contribution in [0.1, 0.15) is 19.8 Å². The van der Waals surface area contributed by atoms with Gasteiger partial charge < -0.3 is 5.11 Å². The second-order valence-corrected chi connectivity index (χ2v) is 1.79. The van der Waals surface area contributed by atoms with E-state index in [9.17, 15) is 4.79 Å². The Morgan fingerprint density at radius 1 is 1.80 bits per heavy atom. The van der Waals surface area contributed by atoms with Gasteiger partial charge in [0.05, 0.1) is 6.57 Å². The van der Waals surface area contributed by atoms with Gasteiger partial charge in [0.2, 0.25) is 0 Å². The van der Waals surface area contributed by atoms with Crippen LogP contribution in [0.25, 0.3) is 4.85 Å². The first kappa shape index (κ1) is 8.70. The number of aliphatic carboxylic acids is 1. The van der Waals surface area contributed by atoms with Gasteiger partial charge in [0.15, 0.2) is 0 Å². The lowest BCUT2D eigenvalue weighted by atomic mass is 10.3. The van der Waals surface area contributed by atoms with Gasteiger partial charge in [-0.15, -0.1) is 0 Å². The number of carboxylic acid groups (broad SMARTS) is 1. The molecule has 0 saturated carbocycles. The molecule has 0 unspecified atom stereocenters. The molecule has 0 aromatic rings. The topological polar surface area (TPSA) is 41.7 Å². The Labute approximate surface area is 59.8 Å². The minimum absolute atomic E-state index is 0.179. The van der Waals surface area contributed by atoms with Crippen molar-refractivity contribution in [3.63, 3.8) is 0 Å². The SMILES string of the molecule is [C-]#[N+]/C(=C/CCC)C(=O)O. The van der Waals surface area contributed by atoms with Gasteiger partial charge in [-0.05, 0) is 6.42 Å². The molecule has 0 aliphatic rings. The van der Waals surface area contributed by atoms with Crippen molar-refractivity contribution in [2.24, 2.45) is 0 Å². The maximum Gasteiger partial charge on any atom is 0.333 e. The molecule has 0 bridgehead atoms. The molecule has 0 saturated heterocycles. The predicted octanol–water partition coefficient (Wildman–Crippen LogP) is 1.67. The van der Waals surface area contributed by atoms with E-state index in [2.05, 4.69) is 4.85 Å². The first-order chi connectivity index (χ1) is 4.72. The Kier molecular flexibility index (Phi) is 3.97. The first-order valence-corrected chi connectivity index (χ1v) is 3.03. The maximum absolute atomic E-state index is 10.2. The average molecular weight is 139 g/mol. The summed E-state index contributed by atoms with van der Waals surface area (Å²) in [7, 11) is 0. The fourth-order valence-corrected chi connectivity index (χ4v) is 0.462. The van der Waals surface area contributed by atoms with E-state index >= 15 is 0 Å². The summed E-state index contributed by atoms with van der Waals surface area (Å²) < 4.78 is 0. The lowest BCUT2D eigenvalue weighted by Crippen LogP contribution is -1.95. The molecular weight excluding hydrogens is 130 g/mol. The zero-order valence-corrected chi connectivity index (χ0v) is 5.79. The van der Waals surface area contributed by atoms with Gasteiger partial charge in [-0.25, -0.2) is 4.85 Å². The number of carboxylic acids is 1. The number of allylic oxidation sites excluding steroid dienone is 1. The number of hydrogen-bond acceptors (Lipinski definition) is 1. The van der Waals surface area contributed by atoms with Gasteiger partial charge in [-0.3, -0.25) is 4.79 Å². The van der Waals surface area contributed by atoms with Crippen LogP contribution in [0.5, 0.6) is 0 Å². The van der Waals surface area contributed by atoms with E-state index in [-0.39, 0.29) is 5.70 Å². The zero-order chi connectivity index (χ0) is 7.98. The molecule has 0 fully saturated rings. The third kappa shape index (κ3) is 2.88. The average Bonchev–Trinajstić information content (AvgIpc) is 1.89. The molecule has 0 amide bonds. The Hall–Kier alpha value is -1.30. The molecule has 3 nitrogen and oxygen atoms in total. The fourth-order valence-electron chi connectivity index (χ4n) is 0.462. The molecule has 0 radical (unpaired) electrons. The van der Waals surface area contributed by atoms with Crippen LogP contribution in [0, 0.1) is 6.57 Å². The summed E-state index contributed by atoms with van der Waals surface area (Å²) in [5.74, 6) is -1.14. The lowest BCUT2D eigenvalue weighted by Gasteiger charge is -1.87. The number of rotatable bonds is 3. The van der Waals surface area contributed by atoms with Crippen LogP contribution in [-0.4, -0.2) is 11.1 Å². The number of hydrogen-bond donors (Lipinski definition) is 1. The van der Waals surface area contributed by atoms with Crippen molar-refractivity contribution < 1.29 is 9.90 Å². The summed E-state index contributed by atoms with van der Waals surface area (Å²) in [6.45, 7) is 8.38. The van der Waals surface area contributed by atoms with Gasteiger partial charge in [-0.1, -0.05) is 19.4 Å². The van der Waals surface area contributed by atoms with E-state index in [0.29, 0.717) is 6.42 Å². The van der Waals surface area contributed by atoms with E-state index in [0.717, 1.165) is 6.42 Å². The fraction of sp³-hybridized carbons (Fsp3) is 0.429. The second-order valence-electron chi connectivity index (χ2n) is 1.79. The normalized spacial score (nSPS) is 10.6. The highest BCUT2D eigenvalue weighted by Crippen LogP contribution is 1.99. The van der Waals surface area contributed by atoms with Gasteiger partial charge in [0.1, 0.15) is 0 Å². The molecule has 3 heteroatoms. The zero-order valence-electron chi connectivity index (χ0n) is 5.79. The van der Waals surface area contributed by atoms with Crippen LogP contribution in [0.3, 0.4) is 0 Å². The van der Waals surface area contributed by atoms with Crippen LogP contribution in [0.15, 0.2) is 11.8 Å². The Bertz CT molecular complexity index is 188. The van der Waals surface area contributed by atoms with Crippen molar-refractivity contribution in [2.75, 3.05) is 0 Å². The highest BCUT2D eigenvalue weighted by molar-refractivity contribution is 5.88. The molecule has 0 aromatic carbocycles. The first-order valence-electron chi connectivity index (χ1n) is 3.03. The van der Waals surface area contributed by atoms with E-state index in [1.807, 2.05) is 6.92 Å². The lowest BCUT2D eigenvalue weighted by molar-refractivity contribution is -0.132. The molecule has 0 aliphatic heterocycles. The molecule has 0 heterocycles. The predicted molar refractivity (Wildman–Crippen MR) is 37.2 cm³/mol. The van der Waals surface area contributed by atoms with Gasteiger partial charge in [0, 0.05) is 0 Å². The summed E-state index contributed by atoms with van der Waals surface area (Å²) in [5, 5.41) is 8.32. The smallest absolute Gasteiger partial charge is 0.333 e. The third-order valence-electron chi connectivity index (χ3n) is 0.966. The summed E-state index contributed by atoms with van der Waals surface area (Å²) in [5.41, 5.74) is -0.179. The molecule has 0 aliphatic carbocycles. The molecule has 10 heavy (non-hydrogen) atoms. The molecular formula is C7H9NO2. The standard InChI is InChI=1S/C7H9NO2/c1-3-4-5-6(8-2)7(9)10/h5H,3-4H2,1H3,(H,9,10)/b6-5+. The van der Waals surface area contributed by atoms with Gasteiger partial charge in [-0.2, -0.15) is 0 Å². The van der Waals surface area contributed by atoms with Crippen molar-refractivity contribution in [1.82, 2.24) is 0 Å². The molecule has 54 valence electrons. The second kappa shape index (κ2) is 4.57. The minimum atomic E-state index is -1.14. The van der Waals surface area contributed by atoms with Crippen molar-refractivity contribution in [1.29, 1.82) is 0 Å². The molecule has 0 aromatic heterocycles. The largest absolute Gasteiger partial charge is 0.486 e. The quantitative estimate of drug-likeness (QED) is 0.477. The van der Waals surface area contributed by atoms with Gasteiger partial charge >= 0.3 is 5.97 Å². The number of carbonyl (C=O) groups is 1. The monoisotopic (exact) mass is 139 g/mol. The van der Waals surface area contributed by atoms with Gasteiger partial charge in [0.25, 0.3) is 5.70 Å². The highest BCUT2D eigenvalue weighted by Gasteiger charge is 2.03. The molecule has 0 atom stereocenters. The Morgan fingerprint density at radius 3 is 2.70 bits per heavy atom. The minimum Gasteiger partial charge on any atom is -0.486 e. The van der Waals surface area contributed by atoms with E-state index in [4.69, 9.17) is 11.7 Å². The van der Waals surface area contributed by atoms with E-state index in [1.54, 1.807) is 0 Å². The summed E-state index contributed by atoms with van der Waals surface area (Å²) in [6.07, 6.45) is 2.96. The van der Waals surface area contributed by atoms with E-state index < -0.39 is 5.97 Å². The Balaban J connectivity index is 4.09. The van der Waals surface area contributed by atoms with Crippen LogP contribution >= 0.6 is 0 Å². The number of unbranched alkanes of at least 4 members (excludes halogenated alkanes) is 1. The number of nitrogens with zero attached hydrogens (tertiary/aromatic N) is 1. The Morgan fingerprint density at radius 2 is 2.40 bits per heavy atom. The van der Waals surface area contributed by atoms with Crippen LogP contribution in [0.4, 0.5) is 0 Å². The molecule has 1 N–H and O–H groups in total. The van der Waals surface area contributed by atoms with Crippen molar-refractivity contribution in [3.05, 3.63) is 23.2 Å². The van der Waals surface area contributed by atoms with Crippen molar-refractivity contribution >= 4 is 5.97 Å². The third-order valence-corrected chi connectivity index (χ3v) is 0.966. The summed E-state index contributed by atoms with van der Waals surface area (Å²) in [6, 6.07) is 0. The maximum atomic E-state index is 10.2. The summed E-state index contributed by atoms with van der Waals surface area (Å²) >= 11 is 0. The molecule has 0 spiro atoms. The van der Waals surface area contributed by atoms with Crippen LogP contribution in [0.2, 0.25) is 0 Å². The summed E-state index contributed by atoms with van der Waals surface area (Å²) in [4.78, 5) is 13.0. The van der Waals surface area contributed by atoms with Crippen LogP contribution < -0.4 is 0 Å². The molecule has 0 rings (SSSR count). The van der Waals surface area contributed by atoms with Crippen LogP contribution in [-0.2, 0) is 4.79 Å². The van der Waals surface area contributed by atoms with Crippen molar-refractivity contribution in [3.8, 4) is 0 Å². The van der Waals surface area contributed by atoms with E-state index in [1.165, 1.54) is 6.08 Å². The van der Waals surface area contributed by atoms with Crippen molar-refractivity contribution in [2.45, 2.75) is 19.8 Å².